The molecule has 1 amide bonds. The van der Waals surface area contributed by atoms with E-state index in [0.29, 0.717) is 22.2 Å². The van der Waals surface area contributed by atoms with Crippen LogP contribution >= 0.6 is 23.1 Å². The van der Waals surface area contributed by atoms with Crippen LogP contribution in [0, 0.1) is 0 Å². The van der Waals surface area contributed by atoms with Crippen LogP contribution in [0.5, 0.6) is 0 Å². The number of hydrogen-bond acceptors (Lipinski definition) is 6. The van der Waals surface area contributed by atoms with Crippen molar-refractivity contribution in [2.45, 2.75) is 35.3 Å². The maximum absolute atomic E-state index is 13.7. The van der Waals surface area contributed by atoms with E-state index < -0.39 is 11.2 Å². The molecule has 1 aromatic heterocycles. The summed E-state index contributed by atoms with van der Waals surface area (Å²) in [5.74, 6) is -0.204. The fourth-order valence-corrected chi connectivity index (χ4v) is 7.11. The Morgan fingerprint density at radius 2 is 1.68 bits per heavy atom. The number of thioether (sulfide) groups is 1. The number of rotatable bonds is 7. The number of benzene rings is 3. The molecule has 1 aliphatic rings. The van der Waals surface area contributed by atoms with Gasteiger partial charge in [0.25, 0.3) is 0 Å². The van der Waals surface area contributed by atoms with Gasteiger partial charge < -0.3 is 15.8 Å². The Morgan fingerprint density at radius 1 is 1.00 bits per heavy atom. The molecule has 0 saturated carbocycles. The molecule has 3 aromatic carbocycles. The van der Waals surface area contributed by atoms with Gasteiger partial charge in [-0.15, -0.1) is 23.1 Å². The van der Waals surface area contributed by atoms with Gasteiger partial charge in [0.15, 0.2) is 0 Å². The SMILES string of the molecule is COC(=O)c1c(NC(=O)C(Sc2ccc(N)cc2)c2ccccc2)sc2c1CCC(c1ccccc1)C2. The van der Waals surface area contributed by atoms with Gasteiger partial charge in [-0.05, 0) is 66.1 Å². The third-order valence-corrected chi connectivity index (χ3v) is 9.07. The number of amides is 1. The van der Waals surface area contributed by atoms with Crippen LogP contribution < -0.4 is 11.1 Å². The van der Waals surface area contributed by atoms with E-state index in [9.17, 15) is 9.59 Å². The quantitative estimate of drug-likeness (QED) is 0.156. The fourth-order valence-electron chi connectivity index (χ4n) is 4.76. The van der Waals surface area contributed by atoms with Crippen molar-refractivity contribution in [2.75, 3.05) is 18.2 Å². The first-order valence-electron chi connectivity index (χ1n) is 12.2. The van der Waals surface area contributed by atoms with E-state index >= 15 is 0 Å². The smallest absolute Gasteiger partial charge is 0.341 e. The number of anilines is 2. The predicted octanol–water partition coefficient (Wildman–Crippen LogP) is 6.86. The molecule has 0 bridgehead atoms. The first-order valence-corrected chi connectivity index (χ1v) is 13.9. The molecule has 5 nitrogen and oxygen atoms in total. The van der Waals surface area contributed by atoms with E-state index in [2.05, 4.69) is 29.6 Å². The van der Waals surface area contributed by atoms with Gasteiger partial charge in [-0.3, -0.25) is 4.79 Å². The number of methoxy groups -OCH3 is 1. The number of nitrogens with one attached hydrogen (secondary N) is 1. The molecule has 7 heteroatoms. The maximum atomic E-state index is 13.7. The second-order valence-corrected chi connectivity index (χ2v) is 11.3. The van der Waals surface area contributed by atoms with Gasteiger partial charge in [0.2, 0.25) is 5.91 Å². The van der Waals surface area contributed by atoms with Gasteiger partial charge in [0.05, 0.1) is 12.7 Å². The molecule has 0 fully saturated rings. The number of carbonyl (C=O) groups excluding carboxylic acids is 2. The molecule has 0 radical (unpaired) electrons. The normalized spacial score (nSPS) is 15.4. The summed E-state index contributed by atoms with van der Waals surface area (Å²) in [5.41, 5.74) is 10.2. The van der Waals surface area contributed by atoms with Crippen LogP contribution in [0.15, 0.2) is 89.8 Å². The van der Waals surface area contributed by atoms with Crippen LogP contribution in [-0.4, -0.2) is 19.0 Å². The predicted molar refractivity (Wildman–Crippen MR) is 151 cm³/mol. The van der Waals surface area contributed by atoms with Gasteiger partial charge >= 0.3 is 5.97 Å². The number of thiophene rings is 1. The van der Waals surface area contributed by atoms with E-state index in [1.54, 1.807) is 0 Å². The summed E-state index contributed by atoms with van der Waals surface area (Å²) in [6, 6.07) is 27.6. The van der Waals surface area contributed by atoms with E-state index in [0.717, 1.165) is 40.2 Å². The topological polar surface area (TPSA) is 81.4 Å². The van der Waals surface area contributed by atoms with Crippen LogP contribution in [0.3, 0.4) is 0 Å². The molecule has 188 valence electrons. The molecule has 0 aliphatic heterocycles. The Hall–Kier alpha value is -3.55. The van der Waals surface area contributed by atoms with Crippen molar-refractivity contribution in [1.29, 1.82) is 0 Å². The lowest BCUT2D eigenvalue weighted by molar-refractivity contribution is -0.115. The molecule has 0 spiro atoms. The molecular weight excluding hydrogens is 500 g/mol. The summed E-state index contributed by atoms with van der Waals surface area (Å²) in [7, 11) is 1.39. The third-order valence-electron chi connectivity index (χ3n) is 6.64. The Kier molecular flexibility index (Phi) is 7.63. The average Bonchev–Trinajstić information content (AvgIpc) is 3.30. The highest BCUT2D eigenvalue weighted by Crippen LogP contribution is 2.44. The minimum Gasteiger partial charge on any atom is -0.465 e. The zero-order valence-corrected chi connectivity index (χ0v) is 22.1. The molecule has 2 atom stereocenters. The Bertz CT molecular complexity index is 1390. The van der Waals surface area contributed by atoms with Crippen molar-refractivity contribution < 1.29 is 14.3 Å². The first kappa shape index (κ1) is 25.1. The summed E-state index contributed by atoms with van der Waals surface area (Å²) in [4.78, 5) is 28.7. The summed E-state index contributed by atoms with van der Waals surface area (Å²) in [5, 5.41) is 3.16. The highest BCUT2D eigenvalue weighted by Gasteiger charge is 2.32. The van der Waals surface area contributed by atoms with Gasteiger partial charge in [-0.1, -0.05) is 60.7 Å². The number of nitrogen functional groups attached to an aromatic ring is 1. The molecular formula is C30H28N2O3S2. The van der Waals surface area contributed by atoms with Crippen LogP contribution in [0.1, 0.15) is 49.5 Å². The Balaban J connectivity index is 1.45. The lowest BCUT2D eigenvalue weighted by atomic mass is 9.83. The van der Waals surface area contributed by atoms with Gasteiger partial charge in [0.1, 0.15) is 10.3 Å². The lowest BCUT2D eigenvalue weighted by Gasteiger charge is -2.22. The van der Waals surface area contributed by atoms with Crippen LogP contribution in [0.2, 0.25) is 0 Å². The largest absolute Gasteiger partial charge is 0.465 e. The number of fused-ring (bicyclic) bond motifs is 1. The van der Waals surface area contributed by atoms with Gasteiger partial charge in [0, 0.05) is 15.5 Å². The van der Waals surface area contributed by atoms with Crippen LogP contribution in [0.4, 0.5) is 10.7 Å². The van der Waals surface area contributed by atoms with Crippen molar-refractivity contribution in [3.8, 4) is 0 Å². The zero-order chi connectivity index (χ0) is 25.8. The number of hydrogen-bond donors (Lipinski definition) is 2. The summed E-state index contributed by atoms with van der Waals surface area (Å²) >= 11 is 2.95. The Morgan fingerprint density at radius 3 is 2.35 bits per heavy atom. The van der Waals surface area contributed by atoms with Crippen molar-refractivity contribution in [3.05, 3.63) is 112 Å². The highest BCUT2D eigenvalue weighted by atomic mass is 32.2. The molecule has 1 heterocycles. The number of carbonyl (C=O) groups is 2. The number of nitrogens with two attached hydrogens (primary N) is 1. The molecule has 3 N–H and O–H groups in total. The first-order chi connectivity index (χ1) is 18.0. The van der Waals surface area contributed by atoms with Crippen molar-refractivity contribution in [3.63, 3.8) is 0 Å². The third kappa shape index (κ3) is 5.58. The number of esters is 1. The highest BCUT2D eigenvalue weighted by molar-refractivity contribution is 8.00. The van der Waals surface area contributed by atoms with Crippen molar-refractivity contribution in [1.82, 2.24) is 0 Å². The van der Waals surface area contributed by atoms with Crippen molar-refractivity contribution in [2.24, 2.45) is 0 Å². The molecule has 0 saturated heterocycles. The van der Waals surface area contributed by atoms with Gasteiger partial charge in [-0.25, -0.2) is 4.79 Å². The van der Waals surface area contributed by atoms with E-state index in [-0.39, 0.29) is 5.91 Å². The van der Waals surface area contributed by atoms with E-state index in [1.807, 2.05) is 60.7 Å². The minimum atomic E-state index is -0.508. The second-order valence-electron chi connectivity index (χ2n) is 9.02. The van der Waals surface area contributed by atoms with Gasteiger partial charge in [-0.2, -0.15) is 0 Å². The fraction of sp³-hybridized carbons (Fsp3) is 0.200. The van der Waals surface area contributed by atoms with E-state index in [1.165, 1.54) is 35.8 Å². The van der Waals surface area contributed by atoms with Crippen LogP contribution in [0.25, 0.3) is 0 Å². The summed E-state index contributed by atoms with van der Waals surface area (Å²) in [6.07, 6.45) is 2.56. The zero-order valence-electron chi connectivity index (χ0n) is 20.5. The number of ether oxygens (including phenoxy) is 1. The molecule has 1 aliphatic carbocycles. The molecule has 37 heavy (non-hydrogen) atoms. The standard InChI is InChI=1S/C30H28N2O3S2/c1-35-30(34)26-24-17-12-21(19-8-4-2-5-9-19)18-25(24)37-29(26)32-28(33)27(20-10-6-3-7-11-20)36-23-15-13-22(31)14-16-23/h2-11,13-16,21,27H,12,17-18,31H2,1H3,(H,32,33). The molecule has 5 rings (SSSR count). The minimum absolute atomic E-state index is 0.184. The van der Waals surface area contributed by atoms with Crippen molar-refractivity contribution >= 4 is 45.7 Å². The van der Waals surface area contributed by atoms with Crippen LogP contribution in [-0.2, 0) is 22.4 Å². The summed E-state index contributed by atoms with van der Waals surface area (Å²) in [6.45, 7) is 0. The van der Waals surface area contributed by atoms with E-state index in [4.69, 9.17) is 10.5 Å². The lowest BCUT2D eigenvalue weighted by Crippen LogP contribution is -2.20. The second kappa shape index (κ2) is 11.2. The summed E-state index contributed by atoms with van der Waals surface area (Å²) < 4.78 is 5.15. The molecule has 4 aromatic rings. The maximum Gasteiger partial charge on any atom is 0.341 e. The Labute approximate surface area is 225 Å². The monoisotopic (exact) mass is 528 g/mol. The molecule has 2 unspecified atom stereocenters. The average molecular weight is 529 g/mol.